The zero-order valence-electron chi connectivity index (χ0n) is 18.1. The fourth-order valence-electron chi connectivity index (χ4n) is 5.19. The number of hydrogen-bond donors (Lipinski definition) is 1. The summed E-state index contributed by atoms with van der Waals surface area (Å²) in [5.74, 6) is 0.660. The number of carbonyl (C=O) groups is 1. The summed E-state index contributed by atoms with van der Waals surface area (Å²) < 4.78 is 8.90. The highest BCUT2D eigenvalue weighted by molar-refractivity contribution is 7.19. The molecule has 2 aliphatic rings. The maximum Gasteiger partial charge on any atom is 0.257 e. The van der Waals surface area contributed by atoms with Crippen molar-refractivity contribution in [2.45, 2.75) is 25.3 Å². The van der Waals surface area contributed by atoms with Crippen LogP contribution in [0.4, 0.5) is 5.69 Å². The molecule has 1 fully saturated rings. The normalized spacial score (nSPS) is 16.5. The Morgan fingerprint density at radius 2 is 1.94 bits per heavy atom. The second-order valence-corrected chi connectivity index (χ2v) is 9.71. The van der Waals surface area contributed by atoms with Gasteiger partial charge in [0.05, 0.1) is 44.8 Å². The van der Waals surface area contributed by atoms with Crippen LogP contribution in [-0.4, -0.2) is 40.6 Å². The van der Waals surface area contributed by atoms with Gasteiger partial charge in [0.25, 0.3) is 5.91 Å². The molecule has 1 spiro atoms. The number of carbonyl (C=O) groups excluding carboxylic acids is 1. The number of aryl methyl sites for hydroxylation is 1. The molecular weight excluding hydrogens is 420 g/mol. The number of likely N-dealkylation sites (tertiary alicyclic amines) is 1. The highest BCUT2D eigenvalue weighted by Crippen LogP contribution is 2.44. The van der Waals surface area contributed by atoms with E-state index in [2.05, 4.69) is 57.5 Å². The van der Waals surface area contributed by atoms with E-state index in [1.54, 1.807) is 18.4 Å². The molecule has 0 atom stereocenters. The first-order valence-corrected chi connectivity index (χ1v) is 11.7. The summed E-state index contributed by atoms with van der Waals surface area (Å²) >= 11 is 1.57. The van der Waals surface area contributed by atoms with Crippen LogP contribution in [-0.2, 0) is 5.54 Å². The Morgan fingerprint density at radius 3 is 2.75 bits per heavy atom. The summed E-state index contributed by atoms with van der Waals surface area (Å²) in [6, 6.07) is 16.5. The van der Waals surface area contributed by atoms with Gasteiger partial charge in [-0.25, -0.2) is 4.98 Å². The summed E-state index contributed by atoms with van der Waals surface area (Å²) in [7, 11) is 1.63. The van der Waals surface area contributed by atoms with Crippen molar-refractivity contribution in [2.75, 3.05) is 25.5 Å². The first kappa shape index (κ1) is 19.4. The number of ether oxygens (including phenoxy) is 1. The lowest BCUT2D eigenvalue weighted by atomic mass is 9.82. The van der Waals surface area contributed by atoms with Crippen molar-refractivity contribution in [2.24, 2.45) is 0 Å². The minimum Gasteiger partial charge on any atom is -0.494 e. The molecule has 1 amide bonds. The van der Waals surface area contributed by atoms with Crippen LogP contribution in [0.5, 0.6) is 5.75 Å². The molecule has 1 saturated heterocycles. The Balaban J connectivity index is 1.29. The molecule has 4 aromatic rings. The fourth-order valence-corrected chi connectivity index (χ4v) is 6.13. The van der Waals surface area contributed by atoms with Crippen LogP contribution in [0.2, 0.25) is 0 Å². The molecule has 2 aliphatic heterocycles. The third kappa shape index (κ3) is 2.77. The molecule has 7 heteroatoms. The Morgan fingerprint density at radius 1 is 1.12 bits per heavy atom. The van der Waals surface area contributed by atoms with Crippen molar-refractivity contribution >= 4 is 33.1 Å². The third-order valence-corrected chi connectivity index (χ3v) is 7.72. The van der Waals surface area contributed by atoms with Crippen molar-refractivity contribution in [3.8, 4) is 11.4 Å². The predicted molar refractivity (Wildman–Crippen MR) is 127 cm³/mol. The van der Waals surface area contributed by atoms with Gasteiger partial charge in [0.15, 0.2) is 5.75 Å². The van der Waals surface area contributed by atoms with Gasteiger partial charge in [-0.3, -0.25) is 4.79 Å². The van der Waals surface area contributed by atoms with Crippen LogP contribution in [0.25, 0.3) is 15.9 Å². The minimum atomic E-state index is -0.169. The van der Waals surface area contributed by atoms with E-state index in [1.165, 1.54) is 11.4 Å². The van der Waals surface area contributed by atoms with E-state index in [4.69, 9.17) is 4.74 Å². The lowest BCUT2D eigenvalue weighted by Gasteiger charge is -2.46. The van der Waals surface area contributed by atoms with E-state index >= 15 is 0 Å². The number of methoxy groups -OCH3 is 1. The van der Waals surface area contributed by atoms with Gasteiger partial charge in [0, 0.05) is 25.0 Å². The monoisotopic (exact) mass is 444 g/mol. The number of fused-ring (bicyclic) bond motifs is 5. The van der Waals surface area contributed by atoms with E-state index in [0.29, 0.717) is 24.4 Å². The van der Waals surface area contributed by atoms with Gasteiger partial charge >= 0.3 is 0 Å². The molecular formula is C25H24N4O2S. The van der Waals surface area contributed by atoms with E-state index in [1.807, 2.05) is 24.0 Å². The standard InChI is InChI=1S/C25H24N4O2S/c1-16-26-19-10-9-17(22(31-2)23(19)32-16)24(30)28-14-11-25(12-15-28)21-8-5-13-29(21)20-7-4-3-6-18(20)27-25/h3-10,13,27H,11-12,14-15H2,1-2H3. The van der Waals surface area contributed by atoms with Gasteiger partial charge in [-0.05, 0) is 56.2 Å². The molecule has 162 valence electrons. The highest BCUT2D eigenvalue weighted by atomic mass is 32.1. The van der Waals surface area contributed by atoms with Gasteiger partial charge in [-0.1, -0.05) is 12.1 Å². The summed E-state index contributed by atoms with van der Waals surface area (Å²) in [4.78, 5) is 20.0. The predicted octanol–water partition coefficient (Wildman–Crippen LogP) is 4.96. The van der Waals surface area contributed by atoms with Crippen LogP contribution >= 0.6 is 11.3 Å². The average molecular weight is 445 g/mol. The number of benzene rings is 2. The molecule has 0 bridgehead atoms. The summed E-state index contributed by atoms with van der Waals surface area (Å²) in [5, 5.41) is 4.78. The van der Waals surface area contributed by atoms with Crippen LogP contribution < -0.4 is 10.1 Å². The van der Waals surface area contributed by atoms with Crippen LogP contribution in [0.15, 0.2) is 54.7 Å². The number of para-hydroxylation sites is 2. The van der Waals surface area contributed by atoms with Crippen molar-refractivity contribution in [1.29, 1.82) is 0 Å². The smallest absolute Gasteiger partial charge is 0.257 e. The summed E-state index contributed by atoms with van der Waals surface area (Å²) in [6.07, 6.45) is 3.83. The van der Waals surface area contributed by atoms with E-state index in [0.717, 1.165) is 33.8 Å². The van der Waals surface area contributed by atoms with E-state index in [9.17, 15) is 4.79 Å². The third-order valence-electron chi connectivity index (χ3n) is 6.73. The number of thiazole rings is 1. The number of amides is 1. The van der Waals surface area contributed by atoms with Crippen molar-refractivity contribution in [3.05, 3.63) is 71.0 Å². The number of nitrogens with zero attached hydrogens (tertiary/aromatic N) is 3. The lowest BCUT2D eigenvalue weighted by Crippen LogP contribution is -2.51. The Labute approximate surface area is 190 Å². The largest absolute Gasteiger partial charge is 0.494 e. The van der Waals surface area contributed by atoms with Crippen molar-refractivity contribution in [1.82, 2.24) is 14.5 Å². The van der Waals surface area contributed by atoms with E-state index in [-0.39, 0.29) is 11.4 Å². The number of nitrogens with one attached hydrogen (secondary N) is 1. The second-order valence-electron chi connectivity index (χ2n) is 8.51. The van der Waals surface area contributed by atoms with Gasteiger partial charge in [-0.2, -0.15) is 0 Å². The molecule has 6 nitrogen and oxygen atoms in total. The number of rotatable bonds is 2. The Bertz CT molecular complexity index is 1350. The number of anilines is 1. The first-order valence-electron chi connectivity index (χ1n) is 10.9. The van der Waals surface area contributed by atoms with Gasteiger partial charge in [0.2, 0.25) is 0 Å². The molecule has 4 heterocycles. The van der Waals surface area contributed by atoms with E-state index < -0.39 is 0 Å². The quantitative estimate of drug-likeness (QED) is 0.475. The maximum atomic E-state index is 13.5. The molecule has 0 aliphatic carbocycles. The summed E-state index contributed by atoms with van der Waals surface area (Å²) in [6.45, 7) is 3.34. The SMILES string of the molecule is COc1c(C(=O)N2CCC3(CC2)Nc2ccccc2-n2cccc23)ccc2nc(C)sc12. The molecule has 1 N–H and O–H groups in total. The first-order chi connectivity index (χ1) is 15.6. The molecule has 32 heavy (non-hydrogen) atoms. The van der Waals surface area contributed by atoms with Gasteiger partial charge < -0.3 is 19.5 Å². The average Bonchev–Trinajstić information content (AvgIpc) is 3.45. The fraction of sp³-hybridized carbons (Fsp3) is 0.280. The zero-order chi connectivity index (χ0) is 21.9. The van der Waals surface area contributed by atoms with Gasteiger partial charge in [0.1, 0.15) is 0 Å². The van der Waals surface area contributed by atoms with Crippen molar-refractivity contribution in [3.63, 3.8) is 0 Å². The van der Waals surface area contributed by atoms with Gasteiger partial charge in [-0.15, -0.1) is 11.3 Å². The molecule has 0 radical (unpaired) electrons. The lowest BCUT2D eigenvalue weighted by molar-refractivity contribution is 0.0673. The highest BCUT2D eigenvalue weighted by Gasteiger charge is 2.42. The number of piperidine rings is 1. The molecule has 0 unspecified atom stereocenters. The Kier molecular flexibility index (Phi) is 4.30. The van der Waals surface area contributed by atoms with Crippen molar-refractivity contribution < 1.29 is 9.53 Å². The zero-order valence-corrected chi connectivity index (χ0v) is 18.9. The molecule has 2 aromatic carbocycles. The molecule has 2 aromatic heterocycles. The second kappa shape index (κ2) is 7.10. The summed E-state index contributed by atoms with van der Waals surface area (Å²) in [5.41, 5.74) is 4.91. The molecule has 0 saturated carbocycles. The molecule has 6 rings (SSSR count). The van der Waals surface area contributed by atoms with Crippen LogP contribution in [0.3, 0.4) is 0 Å². The topological polar surface area (TPSA) is 59.4 Å². The van der Waals surface area contributed by atoms with Crippen LogP contribution in [0, 0.1) is 6.92 Å². The number of aromatic nitrogens is 2. The minimum absolute atomic E-state index is 0.0243. The maximum absolute atomic E-state index is 13.5. The number of hydrogen-bond acceptors (Lipinski definition) is 5. The Hall–Kier alpha value is -3.32. The van der Waals surface area contributed by atoms with Crippen LogP contribution in [0.1, 0.15) is 33.9 Å².